The average molecular weight is 582 g/mol. The number of benzene rings is 1. The Hall–Kier alpha value is -3.62. The number of ketones is 1. The highest BCUT2D eigenvalue weighted by Gasteiger charge is 2.55. The van der Waals surface area contributed by atoms with Crippen molar-refractivity contribution in [3.8, 4) is 0 Å². The lowest BCUT2D eigenvalue weighted by molar-refractivity contribution is -0.140. The molecule has 0 bridgehead atoms. The molecule has 40 heavy (non-hydrogen) atoms. The summed E-state index contributed by atoms with van der Waals surface area (Å²) < 4.78 is 0. The smallest absolute Gasteiger partial charge is 0.326 e. The summed E-state index contributed by atoms with van der Waals surface area (Å²) >= 11 is 12.2. The van der Waals surface area contributed by atoms with E-state index in [-0.39, 0.29) is 27.8 Å². The molecule has 2 heterocycles. The molecule has 0 unspecified atom stereocenters. The number of Topliss-reactive ketones (excluding diaryl/α,β-unsaturated/α-hetero) is 1. The van der Waals surface area contributed by atoms with Gasteiger partial charge < -0.3 is 20.6 Å². The highest BCUT2D eigenvalue weighted by atomic mass is 35.5. The van der Waals surface area contributed by atoms with Crippen LogP contribution < -0.4 is 10.6 Å². The molecule has 1 spiro atoms. The molecule has 3 N–H and O–H groups in total. The van der Waals surface area contributed by atoms with Crippen LogP contribution in [0.2, 0.25) is 10.0 Å². The average Bonchev–Trinajstić information content (AvgIpc) is 2.93. The SMILES string of the molecule is CN1C=C(C2=C(N[C@@H](Cc3ccc(NC(=O)c4c(Cl)cncc4Cl)cc3)C(=O)O)C3(CCCCC3)C2=O)C=CC1. The summed E-state index contributed by atoms with van der Waals surface area (Å²) in [7, 11) is 1.95. The summed E-state index contributed by atoms with van der Waals surface area (Å²) in [6, 6.07) is 5.99. The zero-order chi connectivity index (χ0) is 28.4. The topological polar surface area (TPSA) is 112 Å². The number of amides is 1. The van der Waals surface area contributed by atoms with Crippen molar-refractivity contribution < 1.29 is 19.5 Å². The first-order valence-electron chi connectivity index (χ1n) is 13.3. The predicted molar refractivity (Wildman–Crippen MR) is 154 cm³/mol. The Bertz CT molecular complexity index is 1420. The van der Waals surface area contributed by atoms with Gasteiger partial charge in [0, 0.05) is 61.1 Å². The van der Waals surface area contributed by atoms with Crippen molar-refractivity contribution in [2.24, 2.45) is 5.41 Å². The maximum Gasteiger partial charge on any atom is 0.326 e. The van der Waals surface area contributed by atoms with Crippen LogP contribution in [0, 0.1) is 5.41 Å². The number of allylic oxidation sites excluding steroid dienone is 4. The summed E-state index contributed by atoms with van der Waals surface area (Å²) in [4.78, 5) is 44.5. The number of likely N-dealkylation sites (N-methyl/N-ethyl adjacent to an activating group) is 1. The van der Waals surface area contributed by atoms with Gasteiger partial charge in [-0.3, -0.25) is 14.6 Å². The van der Waals surface area contributed by atoms with Crippen molar-refractivity contribution in [1.82, 2.24) is 15.2 Å². The van der Waals surface area contributed by atoms with Crippen molar-refractivity contribution in [3.05, 3.63) is 93.0 Å². The number of carbonyl (C=O) groups is 3. The Morgan fingerprint density at radius 1 is 1.10 bits per heavy atom. The second-order valence-corrected chi connectivity index (χ2v) is 11.3. The quantitative estimate of drug-likeness (QED) is 0.383. The maximum absolute atomic E-state index is 13.5. The number of carboxylic acid groups (broad SMARTS) is 1. The van der Waals surface area contributed by atoms with E-state index in [1.165, 1.54) is 12.4 Å². The van der Waals surface area contributed by atoms with Gasteiger partial charge in [0.15, 0.2) is 5.78 Å². The highest BCUT2D eigenvalue weighted by Crippen LogP contribution is 2.54. The molecule has 5 rings (SSSR count). The van der Waals surface area contributed by atoms with Gasteiger partial charge in [-0.2, -0.15) is 0 Å². The van der Waals surface area contributed by atoms with E-state index >= 15 is 0 Å². The molecule has 1 amide bonds. The highest BCUT2D eigenvalue weighted by molar-refractivity contribution is 6.40. The lowest BCUT2D eigenvalue weighted by Gasteiger charge is -2.48. The molecule has 10 heteroatoms. The third-order valence-electron chi connectivity index (χ3n) is 7.79. The molecule has 2 aromatic rings. The molecular formula is C30H30Cl2N4O4. The molecule has 1 aromatic heterocycles. The number of nitrogens with zero attached hydrogens (tertiary/aromatic N) is 2. The van der Waals surface area contributed by atoms with E-state index in [0.717, 1.165) is 55.5 Å². The fourth-order valence-electron chi connectivity index (χ4n) is 5.74. The van der Waals surface area contributed by atoms with Crippen LogP contribution in [0.4, 0.5) is 5.69 Å². The molecule has 208 valence electrons. The normalized spacial score (nSPS) is 18.7. The standard InChI is InChI=1S/C30H30Cl2N4O4/c1-36-13-5-6-19(17-36)24-26(30(27(24)37)11-3-2-4-12-30)35-23(29(39)40)14-18-7-9-20(10-8-18)34-28(38)25-21(31)15-33-16-22(25)32/h5-10,15-17,23,35H,2-4,11-14H2,1H3,(H,34,38)(H,39,40)/t23-/m0/s1. The summed E-state index contributed by atoms with van der Waals surface area (Å²) in [5.41, 5.74) is 2.94. The molecule has 2 aliphatic carbocycles. The molecule has 1 fully saturated rings. The van der Waals surface area contributed by atoms with Crippen LogP contribution in [0.5, 0.6) is 0 Å². The van der Waals surface area contributed by atoms with Crippen LogP contribution in [0.15, 0.2) is 71.9 Å². The van der Waals surface area contributed by atoms with Crippen LogP contribution in [-0.2, 0) is 16.0 Å². The van der Waals surface area contributed by atoms with Crippen LogP contribution >= 0.6 is 23.2 Å². The summed E-state index contributed by atoms with van der Waals surface area (Å²) in [5, 5.41) is 16.5. The lowest BCUT2D eigenvalue weighted by Crippen LogP contribution is -2.54. The molecule has 1 atom stereocenters. The molecule has 1 aliphatic heterocycles. The molecule has 1 saturated carbocycles. The maximum atomic E-state index is 13.5. The van der Waals surface area contributed by atoms with Crippen LogP contribution in [0.1, 0.15) is 48.0 Å². The third kappa shape index (κ3) is 5.38. The number of aliphatic carboxylic acids is 1. The fourth-order valence-corrected chi connectivity index (χ4v) is 6.28. The van der Waals surface area contributed by atoms with Gasteiger partial charge in [-0.25, -0.2) is 4.79 Å². The number of halogens is 2. The summed E-state index contributed by atoms with van der Waals surface area (Å²) in [5.74, 6) is -1.36. The Morgan fingerprint density at radius 3 is 2.40 bits per heavy atom. The van der Waals surface area contributed by atoms with Gasteiger partial charge >= 0.3 is 5.97 Å². The zero-order valence-corrected chi connectivity index (χ0v) is 23.6. The van der Waals surface area contributed by atoms with Gasteiger partial charge in [-0.05, 0) is 30.5 Å². The van der Waals surface area contributed by atoms with Crippen LogP contribution in [-0.4, -0.2) is 52.3 Å². The van der Waals surface area contributed by atoms with Crippen molar-refractivity contribution >= 4 is 46.5 Å². The van der Waals surface area contributed by atoms with Gasteiger partial charge in [0.2, 0.25) is 0 Å². The van der Waals surface area contributed by atoms with Gasteiger partial charge in [0.25, 0.3) is 5.91 Å². The largest absolute Gasteiger partial charge is 0.480 e. The number of hydrogen-bond donors (Lipinski definition) is 3. The van der Waals surface area contributed by atoms with Crippen molar-refractivity contribution in [1.29, 1.82) is 0 Å². The van der Waals surface area contributed by atoms with E-state index in [1.807, 2.05) is 30.3 Å². The number of pyridine rings is 1. The van der Waals surface area contributed by atoms with E-state index in [2.05, 4.69) is 15.6 Å². The van der Waals surface area contributed by atoms with Crippen molar-refractivity contribution in [2.75, 3.05) is 18.9 Å². The van der Waals surface area contributed by atoms with Crippen LogP contribution in [0.3, 0.4) is 0 Å². The van der Waals surface area contributed by atoms with E-state index in [4.69, 9.17) is 23.2 Å². The molecule has 1 aromatic carbocycles. The molecule has 3 aliphatic rings. The number of nitrogens with one attached hydrogen (secondary N) is 2. The van der Waals surface area contributed by atoms with Gasteiger partial charge in [-0.1, -0.05) is 66.7 Å². The van der Waals surface area contributed by atoms with Gasteiger partial charge in [0.1, 0.15) is 6.04 Å². The number of rotatable bonds is 8. The second kappa shape index (κ2) is 11.5. The Morgan fingerprint density at radius 2 is 1.77 bits per heavy atom. The monoisotopic (exact) mass is 580 g/mol. The third-order valence-corrected chi connectivity index (χ3v) is 8.36. The first kappa shape index (κ1) is 27.9. The van der Waals surface area contributed by atoms with Gasteiger partial charge in [0.05, 0.1) is 21.0 Å². The van der Waals surface area contributed by atoms with E-state index in [9.17, 15) is 19.5 Å². The van der Waals surface area contributed by atoms with Crippen molar-refractivity contribution in [3.63, 3.8) is 0 Å². The van der Waals surface area contributed by atoms with Gasteiger partial charge in [-0.15, -0.1) is 0 Å². The van der Waals surface area contributed by atoms with Crippen LogP contribution in [0.25, 0.3) is 0 Å². The minimum absolute atomic E-state index is 0.111. The predicted octanol–water partition coefficient (Wildman–Crippen LogP) is 5.40. The Labute approximate surface area is 242 Å². The number of anilines is 1. The Balaban J connectivity index is 1.35. The van der Waals surface area contributed by atoms with E-state index in [1.54, 1.807) is 24.3 Å². The fraction of sp³-hybridized carbons (Fsp3) is 0.333. The second-order valence-electron chi connectivity index (χ2n) is 10.5. The first-order valence-corrected chi connectivity index (χ1v) is 14.0. The summed E-state index contributed by atoms with van der Waals surface area (Å²) in [6.45, 7) is 0.760. The minimum Gasteiger partial charge on any atom is -0.480 e. The first-order chi connectivity index (χ1) is 19.2. The molecular weight excluding hydrogens is 551 g/mol. The molecule has 0 radical (unpaired) electrons. The number of hydrogen-bond acceptors (Lipinski definition) is 6. The van der Waals surface area contributed by atoms with E-state index in [0.29, 0.717) is 11.3 Å². The lowest BCUT2D eigenvalue weighted by atomic mass is 9.57. The van der Waals surface area contributed by atoms with Crippen molar-refractivity contribution in [2.45, 2.75) is 44.6 Å². The minimum atomic E-state index is -0.998. The number of carboxylic acids is 1. The number of carbonyl (C=O) groups excluding carboxylic acids is 2. The molecule has 8 nitrogen and oxygen atoms in total. The van der Waals surface area contributed by atoms with E-state index < -0.39 is 23.3 Å². The molecule has 0 saturated heterocycles. The number of aromatic nitrogens is 1. The Kier molecular flexibility index (Phi) is 8.01. The zero-order valence-electron chi connectivity index (χ0n) is 22.0. The summed E-state index contributed by atoms with van der Waals surface area (Å²) in [6.07, 6.45) is 13.2.